The molecule has 3 aromatic rings. The molecule has 0 saturated heterocycles. The van der Waals surface area contributed by atoms with Crippen LogP contribution in [0.3, 0.4) is 0 Å². The SMILES string of the molecule is CCCCCCCCCOCc1ccc(-c2ccc(OC(=O)c3ccc(CCCCCC)cc3)cc2)nc1. The molecule has 4 heteroatoms. The highest BCUT2D eigenvalue weighted by molar-refractivity contribution is 5.91. The third-order valence-corrected chi connectivity index (χ3v) is 6.85. The number of ether oxygens (including phenoxy) is 2. The van der Waals surface area contributed by atoms with Crippen LogP contribution in [0.1, 0.15) is 106 Å². The van der Waals surface area contributed by atoms with Crippen LogP contribution in [0, 0.1) is 0 Å². The van der Waals surface area contributed by atoms with E-state index < -0.39 is 0 Å². The van der Waals surface area contributed by atoms with Crippen LogP contribution in [0.4, 0.5) is 0 Å². The molecule has 0 unspecified atom stereocenters. The maximum atomic E-state index is 12.6. The van der Waals surface area contributed by atoms with Crippen molar-refractivity contribution < 1.29 is 14.3 Å². The molecule has 0 amide bonds. The molecule has 0 aliphatic carbocycles. The highest BCUT2D eigenvalue weighted by Gasteiger charge is 2.09. The first-order valence-corrected chi connectivity index (χ1v) is 14.6. The van der Waals surface area contributed by atoms with E-state index in [-0.39, 0.29) is 5.97 Å². The third-order valence-electron chi connectivity index (χ3n) is 6.85. The van der Waals surface area contributed by atoms with E-state index in [4.69, 9.17) is 9.47 Å². The van der Waals surface area contributed by atoms with Gasteiger partial charge in [-0.25, -0.2) is 4.79 Å². The van der Waals surface area contributed by atoms with Crippen molar-refractivity contribution in [3.05, 3.63) is 83.6 Å². The Morgan fingerprint density at radius 2 is 1.32 bits per heavy atom. The average Bonchev–Trinajstić information content (AvgIpc) is 2.95. The summed E-state index contributed by atoms with van der Waals surface area (Å²) in [7, 11) is 0. The molecule has 38 heavy (non-hydrogen) atoms. The molecule has 0 aliphatic rings. The van der Waals surface area contributed by atoms with Crippen molar-refractivity contribution in [3.8, 4) is 17.0 Å². The second kappa shape index (κ2) is 17.5. The number of benzene rings is 2. The van der Waals surface area contributed by atoms with Gasteiger partial charge in [0.15, 0.2) is 0 Å². The van der Waals surface area contributed by atoms with Gasteiger partial charge in [0.2, 0.25) is 0 Å². The van der Waals surface area contributed by atoms with E-state index in [1.165, 1.54) is 69.8 Å². The van der Waals surface area contributed by atoms with Crippen LogP contribution in [-0.2, 0) is 17.8 Å². The van der Waals surface area contributed by atoms with Gasteiger partial charge in [-0.05, 0) is 72.9 Å². The lowest BCUT2D eigenvalue weighted by atomic mass is 10.0. The van der Waals surface area contributed by atoms with Crippen molar-refractivity contribution in [2.45, 2.75) is 97.5 Å². The van der Waals surface area contributed by atoms with Crippen molar-refractivity contribution in [1.82, 2.24) is 4.98 Å². The summed E-state index contributed by atoms with van der Waals surface area (Å²) in [6, 6.07) is 19.3. The minimum absolute atomic E-state index is 0.339. The lowest BCUT2D eigenvalue weighted by Crippen LogP contribution is -2.08. The number of unbranched alkanes of at least 4 members (excludes halogenated alkanes) is 9. The molecule has 2 aromatic carbocycles. The van der Waals surface area contributed by atoms with Crippen LogP contribution in [0.2, 0.25) is 0 Å². The molecule has 0 N–H and O–H groups in total. The zero-order chi connectivity index (χ0) is 26.8. The second-order valence-corrected chi connectivity index (χ2v) is 10.1. The number of carbonyl (C=O) groups is 1. The molecular formula is C34H45NO3. The van der Waals surface area contributed by atoms with E-state index in [0.29, 0.717) is 17.9 Å². The first-order chi connectivity index (χ1) is 18.7. The molecule has 0 atom stereocenters. The highest BCUT2D eigenvalue weighted by Crippen LogP contribution is 2.22. The summed E-state index contributed by atoms with van der Waals surface area (Å²) in [5, 5.41) is 0. The zero-order valence-corrected chi connectivity index (χ0v) is 23.4. The van der Waals surface area contributed by atoms with E-state index >= 15 is 0 Å². The van der Waals surface area contributed by atoms with Gasteiger partial charge in [0, 0.05) is 18.4 Å². The largest absolute Gasteiger partial charge is 0.423 e. The van der Waals surface area contributed by atoms with E-state index in [9.17, 15) is 4.79 Å². The number of esters is 1. The molecule has 4 nitrogen and oxygen atoms in total. The Hall–Kier alpha value is -2.98. The van der Waals surface area contributed by atoms with E-state index in [0.717, 1.165) is 36.3 Å². The van der Waals surface area contributed by atoms with Crippen molar-refractivity contribution in [3.63, 3.8) is 0 Å². The van der Waals surface area contributed by atoms with Gasteiger partial charge >= 0.3 is 5.97 Å². The van der Waals surface area contributed by atoms with Gasteiger partial charge in [0.1, 0.15) is 5.75 Å². The minimum Gasteiger partial charge on any atom is -0.423 e. The number of rotatable bonds is 18. The van der Waals surface area contributed by atoms with Gasteiger partial charge in [0.05, 0.1) is 17.9 Å². The van der Waals surface area contributed by atoms with E-state index in [1.54, 1.807) is 0 Å². The fourth-order valence-electron chi connectivity index (χ4n) is 4.45. The average molecular weight is 516 g/mol. The predicted molar refractivity (Wildman–Crippen MR) is 157 cm³/mol. The van der Waals surface area contributed by atoms with Gasteiger partial charge in [-0.1, -0.05) is 89.8 Å². The first kappa shape index (κ1) is 29.6. The van der Waals surface area contributed by atoms with Crippen LogP contribution in [0.25, 0.3) is 11.3 Å². The number of pyridine rings is 1. The number of hydrogen-bond donors (Lipinski definition) is 0. The molecule has 0 fully saturated rings. The predicted octanol–water partition coefficient (Wildman–Crippen LogP) is 9.36. The molecule has 0 saturated carbocycles. The van der Waals surface area contributed by atoms with Crippen molar-refractivity contribution in [2.75, 3.05) is 6.61 Å². The van der Waals surface area contributed by atoms with Gasteiger partial charge in [-0.15, -0.1) is 0 Å². The minimum atomic E-state index is -0.339. The smallest absolute Gasteiger partial charge is 0.343 e. The molecule has 1 heterocycles. The first-order valence-electron chi connectivity index (χ1n) is 14.6. The lowest BCUT2D eigenvalue weighted by molar-refractivity contribution is 0.0734. The van der Waals surface area contributed by atoms with Crippen molar-refractivity contribution in [2.24, 2.45) is 0 Å². The molecule has 204 valence electrons. The van der Waals surface area contributed by atoms with Gasteiger partial charge in [-0.2, -0.15) is 0 Å². The Kier molecular flexibility index (Phi) is 13.6. The Labute approximate surface area is 229 Å². The third kappa shape index (κ3) is 10.8. The quantitative estimate of drug-likeness (QED) is 0.0962. The van der Waals surface area contributed by atoms with Crippen LogP contribution >= 0.6 is 0 Å². The van der Waals surface area contributed by atoms with E-state index in [2.05, 4.69) is 24.9 Å². The van der Waals surface area contributed by atoms with Gasteiger partial charge in [-0.3, -0.25) is 4.98 Å². The maximum absolute atomic E-state index is 12.6. The second-order valence-electron chi connectivity index (χ2n) is 10.1. The molecular weight excluding hydrogens is 470 g/mol. The fraction of sp³-hybridized carbons (Fsp3) is 0.471. The molecule has 3 rings (SSSR count). The number of hydrogen-bond acceptors (Lipinski definition) is 4. The number of carbonyl (C=O) groups excluding carboxylic acids is 1. The Balaban J connectivity index is 1.39. The van der Waals surface area contributed by atoms with E-state index in [1.807, 2.05) is 60.8 Å². The van der Waals surface area contributed by atoms with Crippen LogP contribution in [0.15, 0.2) is 66.9 Å². The summed E-state index contributed by atoms with van der Waals surface area (Å²) in [5.74, 6) is 0.187. The number of aryl methyl sites for hydroxylation is 1. The Bertz CT molecular complexity index is 1040. The molecule has 1 aromatic heterocycles. The summed E-state index contributed by atoms with van der Waals surface area (Å²) in [4.78, 5) is 17.2. The Morgan fingerprint density at radius 3 is 1.97 bits per heavy atom. The highest BCUT2D eigenvalue weighted by atomic mass is 16.5. The fourth-order valence-corrected chi connectivity index (χ4v) is 4.45. The normalized spacial score (nSPS) is 11.0. The summed E-state index contributed by atoms with van der Waals surface area (Å²) in [6.45, 7) is 5.87. The summed E-state index contributed by atoms with van der Waals surface area (Å²) < 4.78 is 11.4. The van der Waals surface area contributed by atoms with Crippen molar-refractivity contribution >= 4 is 5.97 Å². The van der Waals surface area contributed by atoms with Crippen LogP contribution < -0.4 is 4.74 Å². The summed E-state index contributed by atoms with van der Waals surface area (Å²) in [5.41, 5.74) is 4.77. The monoisotopic (exact) mass is 515 g/mol. The lowest BCUT2D eigenvalue weighted by Gasteiger charge is -2.08. The topological polar surface area (TPSA) is 48.4 Å². The molecule has 0 bridgehead atoms. The zero-order valence-electron chi connectivity index (χ0n) is 23.4. The van der Waals surface area contributed by atoms with Gasteiger partial charge < -0.3 is 9.47 Å². The molecule has 0 spiro atoms. The molecule has 0 radical (unpaired) electrons. The molecule has 0 aliphatic heterocycles. The number of nitrogens with zero attached hydrogens (tertiary/aromatic N) is 1. The van der Waals surface area contributed by atoms with Gasteiger partial charge in [0.25, 0.3) is 0 Å². The van der Waals surface area contributed by atoms with Crippen LogP contribution in [-0.4, -0.2) is 17.6 Å². The number of aromatic nitrogens is 1. The summed E-state index contributed by atoms with van der Waals surface area (Å²) >= 11 is 0. The summed E-state index contributed by atoms with van der Waals surface area (Å²) in [6.07, 6.45) is 16.9. The standard InChI is InChI=1S/C34H45NO3/c1-3-5-7-9-10-11-13-25-37-27-29-17-24-33(35-26-29)30-20-22-32(23-21-30)38-34(36)31-18-15-28(16-19-31)14-12-8-6-4-2/h15-24,26H,3-14,25,27H2,1-2H3. The maximum Gasteiger partial charge on any atom is 0.343 e. The van der Waals surface area contributed by atoms with Crippen LogP contribution in [0.5, 0.6) is 5.75 Å². The van der Waals surface area contributed by atoms with Crippen molar-refractivity contribution in [1.29, 1.82) is 0 Å². The Morgan fingerprint density at radius 1 is 0.684 bits per heavy atom.